The maximum absolute atomic E-state index is 10.7. The highest BCUT2D eigenvalue weighted by Crippen LogP contribution is 2.41. The lowest BCUT2D eigenvalue weighted by Gasteiger charge is -2.41. The van der Waals surface area contributed by atoms with Crippen molar-refractivity contribution in [2.75, 3.05) is 19.8 Å². The zero-order valence-electron chi connectivity index (χ0n) is 18.5. The van der Waals surface area contributed by atoms with Crippen molar-refractivity contribution in [1.29, 1.82) is 0 Å². The quantitative estimate of drug-likeness (QED) is 0.538. The van der Waals surface area contributed by atoms with Gasteiger partial charge in [0.2, 0.25) is 0 Å². The normalized spacial score (nSPS) is 27.5. The van der Waals surface area contributed by atoms with Gasteiger partial charge in [0.25, 0.3) is 0 Å². The van der Waals surface area contributed by atoms with Crippen LogP contribution in [0.15, 0.2) is 30.3 Å². The molecule has 1 saturated heterocycles. The summed E-state index contributed by atoms with van der Waals surface area (Å²) in [4.78, 5) is 0. The number of fused-ring (bicyclic) bond motifs is 1. The molecule has 0 unspecified atom stereocenters. The van der Waals surface area contributed by atoms with Gasteiger partial charge < -0.3 is 34.6 Å². The minimum atomic E-state index is -1.42. The average molecular weight is 445 g/mol. The second-order valence-electron chi connectivity index (χ2n) is 8.51. The summed E-state index contributed by atoms with van der Waals surface area (Å²) < 4.78 is 17.4. The van der Waals surface area contributed by atoms with Crippen LogP contribution in [0.2, 0.25) is 0 Å². The van der Waals surface area contributed by atoms with E-state index in [1.807, 2.05) is 44.2 Å². The summed E-state index contributed by atoms with van der Waals surface area (Å²) in [5.74, 6) is 1.62. The van der Waals surface area contributed by atoms with Crippen LogP contribution in [-0.2, 0) is 17.6 Å². The summed E-state index contributed by atoms with van der Waals surface area (Å²) in [6.45, 7) is 4.65. The minimum Gasteiger partial charge on any atom is -0.494 e. The van der Waals surface area contributed by atoms with Gasteiger partial charge in [-0.15, -0.1) is 0 Å². The monoisotopic (exact) mass is 444 g/mol. The van der Waals surface area contributed by atoms with E-state index >= 15 is 0 Å². The van der Waals surface area contributed by atoms with E-state index in [0.29, 0.717) is 25.2 Å². The van der Waals surface area contributed by atoms with Gasteiger partial charge in [-0.1, -0.05) is 18.2 Å². The summed E-state index contributed by atoms with van der Waals surface area (Å²) in [5, 5.41) is 40.7. The number of hydrogen-bond acceptors (Lipinski definition) is 7. The smallest absolute Gasteiger partial charge is 0.126 e. The Morgan fingerprint density at radius 3 is 2.50 bits per heavy atom. The number of benzene rings is 2. The Morgan fingerprint density at radius 2 is 1.81 bits per heavy atom. The SMILES string of the molecule is CCOc1ccc(Cc2cc([C@@H]3O[C@H](CO)[C@@H](O)[C@H](O)[C@H]3O)c(C)c3c2CCCO3)cc1. The van der Waals surface area contributed by atoms with Gasteiger partial charge in [-0.3, -0.25) is 0 Å². The molecule has 2 aromatic rings. The lowest BCUT2D eigenvalue weighted by molar-refractivity contribution is -0.231. The number of aliphatic hydroxyl groups excluding tert-OH is 4. The molecule has 7 heteroatoms. The summed E-state index contributed by atoms with van der Waals surface area (Å²) >= 11 is 0. The summed E-state index contributed by atoms with van der Waals surface area (Å²) in [7, 11) is 0. The Bertz CT molecular complexity index is 925. The number of hydrogen-bond donors (Lipinski definition) is 4. The van der Waals surface area contributed by atoms with Crippen LogP contribution in [0.25, 0.3) is 0 Å². The third-order valence-electron chi connectivity index (χ3n) is 6.41. The van der Waals surface area contributed by atoms with E-state index in [-0.39, 0.29) is 0 Å². The van der Waals surface area contributed by atoms with Crippen LogP contribution < -0.4 is 9.47 Å². The first-order chi connectivity index (χ1) is 15.4. The Hall–Kier alpha value is -2.16. The maximum Gasteiger partial charge on any atom is 0.126 e. The second kappa shape index (κ2) is 9.77. The third-order valence-corrected chi connectivity index (χ3v) is 6.41. The Kier molecular flexibility index (Phi) is 7.02. The predicted molar refractivity (Wildman–Crippen MR) is 118 cm³/mol. The van der Waals surface area contributed by atoms with Gasteiger partial charge in [-0.2, -0.15) is 0 Å². The fourth-order valence-corrected chi connectivity index (χ4v) is 4.68. The third kappa shape index (κ3) is 4.36. The van der Waals surface area contributed by atoms with Crippen molar-refractivity contribution in [1.82, 2.24) is 0 Å². The number of ether oxygens (including phenoxy) is 3. The molecule has 0 radical (unpaired) electrons. The van der Waals surface area contributed by atoms with Crippen LogP contribution in [0.3, 0.4) is 0 Å². The molecule has 1 fully saturated rings. The van der Waals surface area contributed by atoms with Gasteiger partial charge in [0.1, 0.15) is 42.0 Å². The summed E-state index contributed by atoms with van der Waals surface area (Å²) in [6, 6.07) is 9.98. The molecule has 4 N–H and O–H groups in total. The van der Waals surface area contributed by atoms with E-state index in [1.54, 1.807) is 0 Å². The van der Waals surface area contributed by atoms with Gasteiger partial charge in [-0.25, -0.2) is 0 Å². The van der Waals surface area contributed by atoms with Gasteiger partial charge in [-0.05, 0) is 73.1 Å². The average Bonchev–Trinajstić information content (AvgIpc) is 2.81. The number of rotatable bonds is 6. The molecule has 4 rings (SSSR count). The molecule has 0 aromatic heterocycles. The summed E-state index contributed by atoms with van der Waals surface area (Å²) in [6.07, 6.45) is -3.47. The van der Waals surface area contributed by atoms with E-state index in [0.717, 1.165) is 46.6 Å². The minimum absolute atomic E-state index is 0.457. The molecule has 0 amide bonds. The van der Waals surface area contributed by atoms with Gasteiger partial charge in [0, 0.05) is 0 Å². The van der Waals surface area contributed by atoms with E-state index in [9.17, 15) is 20.4 Å². The van der Waals surface area contributed by atoms with Gasteiger partial charge in [0.05, 0.1) is 19.8 Å². The molecule has 5 atom stereocenters. The van der Waals surface area contributed by atoms with Crippen LogP contribution in [0.4, 0.5) is 0 Å². The van der Waals surface area contributed by atoms with Crippen molar-refractivity contribution < 1.29 is 34.6 Å². The molecule has 7 nitrogen and oxygen atoms in total. The second-order valence-corrected chi connectivity index (χ2v) is 8.51. The lowest BCUT2D eigenvalue weighted by atomic mass is 9.84. The fourth-order valence-electron chi connectivity index (χ4n) is 4.68. The molecule has 2 heterocycles. The molecule has 2 aliphatic heterocycles. The molecular formula is C25H32O7. The zero-order chi connectivity index (χ0) is 22.8. The van der Waals surface area contributed by atoms with Crippen molar-refractivity contribution in [3.8, 4) is 11.5 Å². The van der Waals surface area contributed by atoms with Crippen molar-refractivity contribution in [3.05, 3.63) is 58.1 Å². The van der Waals surface area contributed by atoms with Crippen LogP contribution in [0.5, 0.6) is 11.5 Å². The fraction of sp³-hybridized carbons (Fsp3) is 0.520. The zero-order valence-corrected chi connectivity index (χ0v) is 18.5. The Morgan fingerprint density at radius 1 is 1.06 bits per heavy atom. The van der Waals surface area contributed by atoms with E-state index in [2.05, 4.69) is 0 Å². The van der Waals surface area contributed by atoms with Crippen LogP contribution >= 0.6 is 0 Å². The molecule has 0 spiro atoms. The topological polar surface area (TPSA) is 109 Å². The summed E-state index contributed by atoms with van der Waals surface area (Å²) in [5.41, 5.74) is 4.88. The number of aliphatic hydroxyl groups is 4. The lowest BCUT2D eigenvalue weighted by Crippen LogP contribution is -2.55. The first-order valence-corrected chi connectivity index (χ1v) is 11.2. The molecule has 174 valence electrons. The van der Waals surface area contributed by atoms with Gasteiger partial charge >= 0.3 is 0 Å². The maximum atomic E-state index is 10.7. The highest BCUT2D eigenvalue weighted by Gasteiger charge is 2.45. The van der Waals surface area contributed by atoms with Crippen LogP contribution in [-0.4, -0.2) is 64.7 Å². The van der Waals surface area contributed by atoms with Crippen LogP contribution in [0.1, 0.15) is 47.3 Å². The molecule has 0 bridgehead atoms. The first-order valence-electron chi connectivity index (χ1n) is 11.2. The highest BCUT2D eigenvalue weighted by atomic mass is 16.5. The van der Waals surface area contributed by atoms with Gasteiger partial charge in [0.15, 0.2) is 0 Å². The van der Waals surface area contributed by atoms with Crippen molar-refractivity contribution in [3.63, 3.8) is 0 Å². The highest BCUT2D eigenvalue weighted by molar-refractivity contribution is 5.53. The first kappa shape index (κ1) is 23.0. The van der Waals surface area contributed by atoms with E-state index in [4.69, 9.17) is 14.2 Å². The molecule has 2 aromatic carbocycles. The molecule has 2 aliphatic rings. The van der Waals surface area contributed by atoms with E-state index < -0.39 is 37.1 Å². The Balaban J connectivity index is 1.72. The standard InChI is InChI=1S/C25H32O7/c1-3-30-17-8-6-15(7-9-17)11-16-12-19(14(2)24-18(16)5-4-10-31-24)25-23(29)22(28)21(27)20(13-26)32-25/h6-9,12,20-23,25-29H,3-5,10-11,13H2,1-2H3/t20-,21-,22+,23-,25+/m1/s1. The Labute approximate surface area is 188 Å². The largest absolute Gasteiger partial charge is 0.494 e. The van der Waals surface area contributed by atoms with Crippen molar-refractivity contribution in [2.24, 2.45) is 0 Å². The van der Waals surface area contributed by atoms with Crippen LogP contribution in [0, 0.1) is 6.92 Å². The molecule has 32 heavy (non-hydrogen) atoms. The predicted octanol–water partition coefficient (Wildman–Crippen LogP) is 1.82. The van der Waals surface area contributed by atoms with Crippen molar-refractivity contribution >= 4 is 0 Å². The molecule has 0 saturated carbocycles. The molecular weight excluding hydrogens is 412 g/mol. The van der Waals surface area contributed by atoms with Crippen molar-refractivity contribution in [2.45, 2.75) is 63.6 Å². The van der Waals surface area contributed by atoms with E-state index in [1.165, 1.54) is 0 Å². The molecule has 0 aliphatic carbocycles.